The van der Waals surface area contributed by atoms with Gasteiger partial charge in [0.1, 0.15) is 17.0 Å². The Morgan fingerprint density at radius 1 is 0.950 bits per heavy atom. The number of halogens is 5. The molecule has 108 valence electrons. The summed E-state index contributed by atoms with van der Waals surface area (Å²) in [7, 11) is 0. The average Bonchev–Trinajstić information content (AvgIpc) is 2.83. The van der Waals surface area contributed by atoms with E-state index in [4.69, 9.17) is 0 Å². The van der Waals surface area contributed by atoms with Crippen LogP contribution in [0, 0.1) is 29.1 Å². The van der Waals surface area contributed by atoms with Crippen LogP contribution in [-0.2, 0) is 5.60 Å². The van der Waals surface area contributed by atoms with Gasteiger partial charge in [-0.2, -0.15) is 0 Å². The lowest BCUT2D eigenvalue weighted by Gasteiger charge is -2.12. The fraction of sp³-hybridized carbons (Fsp3) is 0.273. The van der Waals surface area contributed by atoms with Gasteiger partial charge in [-0.1, -0.05) is 5.21 Å². The van der Waals surface area contributed by atoms with E-state index in [-0.39, 0.29) is 5.69 Å². The van der Waals surface area contributed by atoms with Crippen molar-refractivity contribution in [3.05, 3.63) is 41.0 Å². The molecule has 0 aliphatic rings. The zero-order valence-corrected chi connectivity index (χ0v) is 10.3. The Morgan fingerprint density at radius 3 is 1.80 bits per heavy atom. The molecule has 0 aliphatic heterocycles. The van der Waals surface area contributed by atoms with E-state index in [9.17, 15) is 27.1 Å². The Balaban J connectivity index is 2.68. The maximum absolute atomic E-state index is 13.5. The van der Waals surface area contributed by atoms with Crippen molar-refractivity contribution in [2.45, 2.75) is 19.4 Å². The Hall–Kier alpha value is -2.03. The van der Waals surface area contributed by atoms with E-state index in [1.807, 2.05) is 0 Å². The highest BCUT2D eigenvalue weighted by molar-refractivity contribution is 5.37. The van der Waals surface area contributed by atoms with Crippen LogP contribution in [-0.4, -0.2) is 20.1 Å². The molecular weight excluding hydrogens is 285 g/mol. The topological polar surface area (TPSA) is 50.9 Å². The standard InChI is InChI=1S/C11H8F5N3O/c1-11(2,20)4-3-19(18-17-4)10-8(15)6(13)5(12)7(14)9(10)16/h3,20H,1-2H3. The van der Waals surface area contributed by atoms with Crippen molar-refractivity contribution in [2.24, 2.45) is 0 Å². The minimum Gasteiger partial charge on any atom is -0.384 e. The van der Waals surface area contributed by atoms with Crippen LogP contribution in [0.25, 0.3) is 5.69 Å². The number of nitrogens with zero attached hydrogens (tertiary/aromatic N) is 3. The molecule has 1 heterocycles. The molecule has 2 aromatic rings. The summed E-state index contributed by atoms with van der Waals surface area (Å²) in [6, 6.07) is 0. The summed E-state index contributed by atoms with van der Waals surface area (Å²) < 4.78 is 66.4. The Labute approximate surface area is 109 Å². The third-order valence-corrected chi connectivity index (χ3v) is 2.54. The molecule has 0 bridgehead atoms. The molecule has 0 radical (unpaired) electrons. The highest BCUT2D eigenvalue weighted by atomic mass is 19.2. The first-order chi connectivity index (χ1) is 9.14. The molecule has 0 saturated carbocycles. The lowest BCUT2D eigenvalue weighted by Crippen LogP contribution is -2.16. The van der Waals surface area contributed by atoms with Crippen molar-refractivity contribution in [3.63, 3.8) is 0 Å². The van der Waals surface area contributed by atoms with Crippen molar-refractivity contribution in [2.75, 3.05) is 0 Å². The smallest absolute Gasteiger partial charge is 0.200 e. The van der Waals surface area contributed by atoms with Gasteiger partial charge in [0.25, 0.3) is 0 Å². The van der Waals surface area contributed by atoms with Crippen molar-refractivity contribution in [1.82, 2.24) is 15.0 Å². The first-order valence-electron chi connectivity index (χ1n) is 5.31. The van der Waals surface area contributed by atoms with Crippen LogP contribution in [0.15, 0.2) is 6.20 Å². The molecule has 20 heavy (non-hydrogen) atoms. The molecule has 0 spiro atoms. The van der Waals surface area contributed by atoms with Gasteiger partial charge in [-0.15, -0.1) is 5.10 Å². The van der Waals surface area contributed by atoms with Crippen LogP contribution in [0.1, 0.15) is 19.5 Å². The fourth-order valence-corrected chi connectivity index (χ4v) is 1.45. The molecule has 0 aliphatic carbocycles. The van der Waals surface area contributed by atoms with E-state index in [1.54, 1.807) is 0 Å². The number of aromatic nitrogens is 3. The molecule has 1 N–H and O–H groups in total. The molecular formula is C11H8F5N3O. The van der Waals surface area contributed by atoms with Gasteiger partial charge in [0.05, 0.1) is 6.20 Å². The zero-order valence-electron chi connectivity index (χ0n) is 10.3. The number of rotatable bonds is 2. The maximum atomic E-state index is 13.5. The van der Waals surface area contributed by atoms with Gasteiger partial charge in [-0.3, -0.25) is 0 Å². The SMILES string of the molecule is CC(C)(O)c1cn(-c2c(F)c(F)c(F)c(F)c2F)nn1. The summed E-state index contributed by atoms with van der Waals surface area (Å²) >= 11 is 0. The molecule has 0 saturated heterocycles. The summed E-state index contributed by atoms with van der Waals surface area (Å²) in [5, 5.41) is 16.3. The quantitative estimate of drug-likeness (QED) is 0.524. The highest BCUT2D eigenvalue weighted by Gasteiger charge is 2.29. The van der Waals surface area contributed by atoms with Crippen molar-refractivity contribution in [1.29, 1.82) is 0 Å². The molecule has 0 fully saturated rings. The second-order valence-corrected chi connectivity index (χ2v) is 4.53. The summed E-state index contributed by atoms with van der Waals surface area (Å²) in [5.41, 5.74) is -2.84. The minimum atomic E-state index is -2.26. The summed E-state index contributed by atoms with van der Waals surface area (Å²) in [6.07, 6.45) is 0.873. The molecule has 2 rings (SSSR count). The molecule has 0 atom stereocenters. The third kappa shape index (κ3) is 2.13. The normalized spacial score (nSPS) is 12.0. The monoisotopic (exact) mass is 293 g/mol. The molecule has 1 aromatic heterocycles. The summed E-state index contributed by atoms with van der Waals surface area (Å²) in [4.78, 5) is 0. The Bertz CT molecular complexity index is 648. The van der Waals surface area contributed by atoms with Crippen molar-refractivity contribution < 1.29 is 27.1 Å². The fourth-order valence-electron chi connectivity index (χ4n) is 1.45. The van der Waals surface area contributed by atoms with Gasteiger partial charge in [-0.25, -0.2) is 26.6 Å². The predicted octanol–water partition coefficient (Wildman–Crippen LogP) is 2.19. The number of hydrogen-bond donors (Lipinski definition) is 1. The van der Waals surface area contributed by atoms with Gasteiger partial charge >= 0.3 is 0 Å². The van der Waals surface area contributed by atoms with Crippen LogP contribution >= 0.6 is 0 Å². The van der Waals surface area contributed by atoms with E-state index in [2.05, 4.69) is 10.3 Å². The van der Waals surface area contributed by atoms with Crippen LogP contribution in [0.3, 0.4) is 0 Å². The molecule has 9 heteroatoms. The second kappa shape index (κ2) is 4.51. The first kappa shape index (κ1) is 14.4. The number of hydrogen-bond acceptors (Lipinski definition) is 3. The number of benzene rings is 1. The van der Waals surface area contributed by atoms with Gasteiger partial charge in [0, 0.05) is 0 Å². The summed E-state index contributed by atoms with van der Waals surface area (Å²) in [5.74, 6) is -10.5. The molecule has 4 nitrogen and oxygen atoms in total. The second-order valence-electron chi connectivity index (χ2n) is 4.53. The first-order valence-corrected chi connectivity index (χ1v) is 5.31. The average molecular weight is 293 g/mol. The molecule has 0 amide bonds. The van der Waals surface area contributed by atoms with Gasteiger partial charge in [0.2, 0.25) is 5.82 Å². The van der Waals surface area contributed by atoms with E-state index in [0.717, 1.165) is 6.20 Å². The van der Waals surface area contributed by atoms with E-state index in [0.29, 0.717) is 4.68 Å². The van der Waals surface area contributed by atoms with Gasteiger partial charge < -0.3 is 5.11 Å². The van der Waals surface area contributed by atoms with Crippen LogP contribution < -0.4 is 0 Å². The van der Waals surface area contributed by atoms with Crippen molar-refractivity contribution in [3.8, 4) is 5.69 Å². The highest BCUT2D eigenvalue weighted by Crippen LogP contribution is 2.26. The molecule has 1 aromatic carbocycles. The Morgan fingerprint density at radius 2 is 1.40 bits per heavy atom. The summed E-state index contributed by atoms with van der Waals surface area (Å²) in [6.45, 7) is 2.64. The zero-order chi connectivity index (χ0) is 15.2. The third-order valence-electron chi connectivity index (χ3n) is 2.54. The molecule has 0 unspecified atom stereocenters. The maximum Gasteiger partial charge on any atom is 0.200 e. The van der Waals surface area contributed by atoms with Gasteiger partial charge in [-0.05, 0) is 13.8 Å². The predicted molar refractivity (Wildman–Crippen MR) is 56.4 cm³/mol. The van der Waals surface area contributed by atoms with Gasteiger partial charge in [0.15, 0.2) is 23.3 Å². The number of aliphatic hydroxyl groups is 1. The largest absolute Gasteiger partial charge is 0.384 e. The van der Waals surface area contributed by atoms with E-state index in [1.165, 1.54) is 13.8 Å². The van der Waals surface area contributed by atoms with Crippen LogP contribution in [0.5, 0.6) is 0 Å². The lowest BCUT2D eigenvalue weighted by atomic mass is 10.1. The van der Waals surface area contributed by atoms with Crippen LogP contribution in [0.4, 0.5) is 22.0 Å². The van der Waals surface area contributed by atoms with Crippen molar-refractivity contribution >= 4 is 0 Å². The minimum absolute atomic E-state index is 0.0959. The van der Waals surface area contributed by atoms with Crippen LogP contribution in [0.2, 0.25) is 0 Å². The Kier molecular flexibility index (Phi) is 3.24. The lowest BCUT2D eigenvalue weighted by molar-refractivity contribution is 0.0737. The van der Waals surface area contributed by atoms with E-state index < -0.39 is 40.4 Å². The van der Waals surface area contributed by atoms with E-state index >= 15 is 0 Å².